The maximum atomic E-state index is 12.4. The Morgan fingerprint density at radius 2 is 1.95 bits per heavy atom. The van der Waals surface area contributed by atoms with Crippen LogP contribution in [0.2, 0.25) is 5.02 Å². The first kappa shape index (κ1) is 17.3. The monoisotopic (exact) mass is 322 g/mol. The van der Waals surface area contributed by atoms with Crippen molar-refractivity contribution in [2.75, 3.05) is 27.2 Å². The molecule has 1 aromatic carbocycles. The molecule has 122 valence electrons. The van der Waals surface area contributed by atoms with Crippen molar-refractivity contribution in [1.82, 2.24) is 9.80 Å². The summed E-state index contributed by atoms with van der Waals surface area (Å²) in [6.07, 6.45) is 5.91. The van der Waals surface area contributed by atoms with Gasteiger partial charge >= 0.3 is 0 Å². The quantitative estimate of drug-likeness (QED) is 0.827. The van der Waals surface area contributed by atoms with Crippen LogP contribution in [-0.4, -0.2) is 48.9 Å². The Labute approximate surface area is 139 Å². The molecule has 0 bridgehead atoms. The lowest BCUT2D eigenvalue weighted by Crippen LogP contribution is -2.33. The minimum atomic E-state index is 0.313. The first-order valence-electron chi connectivity index (χ1n) is 8.25. The van der Waals surface area contributed by atoms with Gasteiger partial charge in [-0.3, -0.25) is 4.79 Å². The number of likely N-dealkylation sites (tertiary alicyclic amines) is 1. The minimum Gasteiger partial charge on any atom is -0.343 e. The summed E-state index contributed by atoms with van der Waals surface area (Å²) in [5.74, 6) is 0.313. The smallest absolute Gasteiger partial charge is 0.222 e. The summed E-state index contributed by atoms with van der Waals surface area (Å²) in [6.45, 7) is 1.83. The number of nitrogens with zero attached hydrogens (tertiary/aromatic N) is 2. The van der Waals surface area contributed by atoms with Crippen LogP contribution in [0.1, 0.15) is 37.7 Å². The Balaban J connectivity index is 1.74. The topological polar surface area (TPSA) is 23.6 Å². The van der Waals surface area contributed by atoms with Gasteiger partial charge in [0.1, 0.15) is 0 Å². The largest absolute Gasteiger partial charge is 0.343 e. The van der Waals surface area contributed by atoms with E-state index in [0.717, 1.165) is 43.8 Å². The van der Waals surface area contributed by atoms with Gasteiger partial charge in [0.25, 0.3) is 0 Å². The van der Waals surface area contributed by atoms with Gasteiger partial charge in [0.15, 0.2) is 0 Å². The van der Waals surface area contributed by atoms with Crippen LogP contribution in [0, 0.1) is 0 Å². The third-order valence-corrected chi connectivity index (χ3v) is 4.80. The predicted octanol–water partition coefficient (Wildman–Crippen LogP) is 3.61. The number of rotatable bonds is 5. The van der Waals surface area contributed by atoms with E-state index in [1.54, 1.807) is 0 Å². The summed E-state index contributed by atoms with van der Waals surface area (Å²) >= 11 is 5.88. The first-order chi connectivity index (χ1) is 10.6. The number of hydrogen-bond acceptors (Lipinski definition) is 2. The Hall–Kier alpha value is -1.06. The maximum Gasteiger partial charge on any atom is 0.222 e. The van der Waals surface area contributed by atoms with Crippen molar-refractivity contribution < 1.29 is 4.79 Å². The number of amides is 1. The molecular formula is C18H27ClN2O. The molecule has 1 aliphatic heterocycles. The summed E-state index contributed by atoms with van der Waals surface area (Å²) in [5.41, 5.74) is 1.25. The molecule has 1 aromatic rings. The fourth-order valence-electron chi connectivity index (χ4n) is 3.10. The van der Waals surface area contributed by atoms with E-state index in [0.29, 0.717) is 18.4 Å². The Morgan fingerprint density at radius 1 is 1.23 bits per heavy atom. The molecule has 0 aliphatic carbocycles. The number of benzene rings is 1. The Bertz CT molecular complexity index is 472. The van der Waals surface area contributed by atoms with Gasteiger partial charge in [0, 0.05) is 30.6 Å². The highest BCUT2D eigenvalue weighted by Crippen LogP contribution is 2.16. The normalized spacial score (nSPS) is 19.3. The molecule has 3 nitrogen and oxygen atoms in total. The van der Waals surface area contributed by atoms with Crippen molar-refractivity contribution in [2.24, 2.45) is 0 Å². The Kier molecular flexibility index (Phi) is 6.71. The van der Waals surface area contributed by atoms with E-state index in [2.05, 4.69) is 23.9 Å². The van der Waals surface area contributed by atoms with Gasteiger partial charge in [-0.2, -0.15) is 0 Å². The third kappa shape index (κ3) is 5.29. The molecule has 22 heavy (non-hydrogen) atoms. The van der Waals surface area contributed by atoms with Crippen molar-refractivity contribution in [3.63, 3.8) is 0 Å². The molecule has 2 rings (SSSR count). The van der Waals surface area contributed by atoms with Gasteiger partial charge in [0.2, 0.25) is 5.91 Å². The lowest BCUT2D eigenvalue weighted by atomic mass is 10.1. The fourth-order valence-corrected chi connectivity index (χ4v) is 3.22. The highest BCUT2D eigenvalue weighted by atomic mass is 35.5. The number of carbonyl (C=O) groups excluding carboxylic acids is 1. The second-order valence-corrected chi connectivity index (χ2v) is 6.85. The second-order valence-electron chi connectivity index (χ2n) is 6.41. The molecule has 1 fully saturated rings. The summed E-state index contributed by atoms with van der Waals surface area (Å²) in [5, 5.41) is 0.764. The molecule has 1 heterocycles. The van der Waals surface area contributed by atoms with E-state index < -0.39 is 0 Å². The van der Waals surface area contributed by atoms with Crippen molar-refractivity contribution in [3.8, 4) is 0 Å². The van der Waals surface area contributed by atoms with E-state index in [1.165, 1.54) is 12.0 Å². The molecule has 1 saturated heterocycles. The summed E-state index contributed by atoms with van der Waals surface area (Å²) in [6, 6.07) is 8.52. The van der Waals surface area contributed by atoms with Gasteiger partial charge < -0.3 is 9.80 Å². The zero-order valence-electron chi connectivity index (χ0n) is 13.7. The van der Waals surface area contributed by atoms with Crippen molar-refractivity contribution in [3.05, 3.63) is 34.9 Å². The van der Waals surface area contributed by atoms with E-state index in [1.807, 2.05) is 24.3 Å². The van der Waals surface area contributed by atoms with Crippen LogP contribution in [0.5, 0.6) is 0 Å². The maximum absolute atomic E-state index is 12.4. The van der Waals surface area contributed by atoms with Crippen molar-refractivity contribution in [2.45, 2.75) is 44.6 Å². The highest BCUT2D eigenvalue weighted by molar-refractivity contribution is 6.30. The molecule has 1 unspecified atom stereocenters. The molecule has 0 aromatic heterocycles. The summed E-state index contributed by atoms with van der Waals surface area (Å²) < 4.78 is 0. The van der Waals surface area contributed by atoms with Gasteiger partial charge in [-0.25, -0.2) is 0 Å². The van der Waals surface area contributed by atoms with Crippen LogP contribution in [0.3, 0.4) is 0 Å². The molecule has 4 heteroatoms. The van der Waals surface area contributed by atoms with Crippen molar-refractivity contribution in [1.29, 1.82) is 0 Å². The molecule has 0 spiro atoms. The van der Waals surface area contributed by atoms with E-state index in [4.69, 9.17) is 11.6 Å². The molecule has 1 amide bonds. The lowest BCUT2D eigenvalue weighted by molar-refractivity contribution is -0.131. The summed E-state index contributed by atoms with van der Waals surface area (Å²) in [7, 11) is 4.27. The average molecular weight is 323 g/mol. The van der Waals surface area contributed by atoms with Crippen LogP contribution in [0.4, 0.5) is 0 Å². The van der Waals surface area contributed by atoms with Crippen LogP contribution in [0.15, 0.2) is 24.3 Å². The Morgan fingerprint density at radius 3 is 2.64 bits per heavy atom. The van der Waals surface area contributed by atoms with Gasteiger partial charge in [0.05, 0.1) is 0 Å². The molecule has 1 atom stereocenters. The SMILES string of the molecule is CN(C)C1CCCN(C(=O)CCCc2ccc(Cl)cc2)CC1. The first-order valence-corrected chi connectivity index (χ1v) is 8.62. The zero-order chi connectivity index (χ0) is 15.9. The third-order valence-electron chi connectivity index (χ3n) is 4.55. The summed E-state index contributed by atoms with van der Waals surface area (Å²) in [4.78, 5) is 16.7. The van der Waals surface area contributed by atoms with Crippen LogP contribution < -0.4 is 0 Å². The molecule has 1 aliphatic rings. The molecular weight excluding hydrogens is 296 g/mol. The lowest BCUT2D eigenvalue weighted by Gasteiger charge is -2.23. The molecule has 0 saturated carbocycles. The van der Waals surface area contributed by atoms with E-state index >= 15 is 0 Å². The number of aryl methyl sites for hydroxylation is 1. The van der Waals surface area contributed by atoms with Crippen molar-refractivity contribution >= 4 is 17.5 Å². The standard InChI is InChI=1S/C18H27ClN2O/c1-20(2)17-6-4-13-21(14-12-17)18(22)7-3-5-15-8-10-16(19)11-9-15/h8-11,17H,3-7,12-14H2,1-2H3. The zero-order valence-corrected chi connectivity index (χ0v) is 14.5. The molecule has 0 radical (unpaired) electrons. The predicted molar refractivity (Wildman–Crippen MR) is 92.3 cm³/mol. The number of carbonyl (C=O) groups is 1. The number of hydrogen-bond donors (Lipinski definition) is 0. The molecule has 0 N–H and O–H groups in total. The fraction of sp³-hybridized carbons (Fsp3) is 0.611. The van der Waals surface area contributed by atoms with E-state index in [9.17, 15) is 4.79 Å². The minimum absolute atomic E-state index is 0.313. The average Bonchev–Trinajstić information content (AvgIpc) is 2.75. The van der Waals surface area contributed by atoms with Gasteiger partial charge in [-0.15, -0.1) is 0 Å². The van der Waals surface area contributed by atoms with E-state index in [-0.39, 0.29) is 0 Å². The van der Waals surface area contributed by atoms with Crippen LogP contribution >= 0.6 is 11.6 Å². The van der Waals surface area contributed by atoms with Gasteiger partial charge in [-0.1, -0.05) is 23.7 Å². The van der Waals surface area contributed by atoms with Crippen LogP contribution in [-0.2, 0) is 11.2 Å². The number of halogens is 1. The second kappa shape index (κ2) is 8.54. The van der Waals surface area contributed by atoms with Crippen LogP contribution in [0.25, 0.3) is 0 Å². The van der Waals surface area contributed by atoms with Gasteiger partial charge in [-0.05, 0) is 63.9 Å². The highest BCUT2D eigenvalue weighted by Gasteiger charge is 2.21.